The van der Waals surface area contributed by atoms with Gasteiger partial charge in [0, 0.05) is 18.0 Å². The Labute approximate surface area is 110 Å². The smallest absolute Gasteiger partial charge is 0.236 e. The van der Waals surface area contributed by atoms with Crippen LogP contribution in [0.3, 0.4) is 0 Å². The van der Waals surface area contributed by atoms with E-state index < -0.39 is 12.2 Å². The van der Waals surface area contributed by atoms with Crippen LogP contribution >= 0.6 is 11.8 Å². The number of likely N-dealkylation sites (tertiary alicyclic amines) is 1. The topological polar surface area (TPSA) is 60.8 Å². The van der Waals surface area contributed by atoms with E-state index in [1.807, 2.05) is 24.3 Å². The Balaban J connectivity index is 1.70. The summed E-state index contributed by atoms with van der Waals surface area (Å²) in [6.07, 6.45) is -0.868. The van der Waals surface area contributed by atoms with Gasteiger partial charge in [-0.25, -0.2) is 0 Å². The van der Waals surface area contributed by atoms with Gasteiger partial charge in [0.25, 0.3) is 0 Å². The second kappa shape index (κ2) is 4.57. The SMILES string of the molecule is O=C(C1Cc2ccccc2S1)N1CC(O)C(O)C1. The van der Waals surface area contributed by atoms with Gasteiger partial charge in [-0.2, -0.15) is 0 Å². The monoisotopic (exact) mass is 265 g/mol. The number of hydrogen-bond acceptors (Lipinski definition) is 4. The maximum Gasteiger partial charge on any atom is 0.236 e. The minimum absolute atomic E-state index is 0.0202. The first-order valence-corrected chi connectivity index (χ1v) is 6.92. The molecule has 5 heteroatoms. The zero-order valence-corrected chi connectivity index (χ0v) is 10.6. The van der Waals surface area contributed by atoms with Crippen LogP contribution in [-0.2, 0) is 11.2 Å². The highest BCUT2D eigenvalue weighted by Crippen LogP contribution is 2.37. The fourth-order valence-electron chi connectivity index (χ4n) is 2.47. The Bertz CT molecular complexity index is 444. The number of carbonyl (C=O) groups excluding carboxylic acids is 1. The van der Waals surface area contributed by atoms with E-state index in [0.717, 1.165) is 11.3 Å². The molecule has 4 nitrogen and oxygen atoms in total. The maximum absolute atomic E-state index is 12.3. The third-order valence-corrected chi connectivity index (χ3v) is 4.80. The third kappa shape index (κ3) is 2.02. The molecule has 1 fully saturated rings. The molecule has 0 saturated carbocycles. The van der Waals surface area contributed by atoms with Crippen molar-refractivity contribution in [3.05, 3.63) is 29.8 Å². The van der Waals surface area contributed by atoms with Gasteiger partial charge in [-0.3, -0.25) is 4.79 Å². The van der Waals surface area contributed by atoms with Crippen LogP contribution in [0, 0.1) is 0 Å². The number of β-amino-alcohol motifs (C(OH)–C–C–N with tert-alkyl or cyclic N) is 2. The van der Waals surface area contributed by atoms with Crippen molar-refractivity contribution >= 4 is 17.7 Å². The van der Waals surface area contributed by atoms with Crippen molar-refractivity contribution in [3.8, 4) is 0 Å². The van der Waals surface area contributed by atoms with Gasteiger partial charge < -0.3 is 15.1 Å². The summed E-state index contributed by atoms with van der Waals surface area (Å²) in [6.45, 7) is 0.487. The standard InChI is InChI=1S/C13H15NO3S/c15-9-6-14(7-10(9)16)13(17)12-5-8-3-1-2-4-11(8)18-12/h1-4,9-10,12,15-16H,5-7H2. The van der Waals surface area contributed by atoms with Crippen molar-refractivity contribution in [2.45, 2.75) is 28.8 Å². The van der Waals surface area contributed by atoms with E-state index in [1.165, 1.54) is 5.56 Å². The molecule has 3 unspecified atom stereocenters. The molecular formula is C13H15NO3S. The Hall–Kier alpha value is -1.04. The summed E-state index contributed by atoms with van der Waals surface area (Å²) in [4.78, 5) is 15.0. The molecular weight excluding hydrogens is 250 g/mol. The largest absolute Gasteiger partial charge is 0.388 e. The first-order valence-electron chi connectivity index (χ1n) is 6.04. The molecule has 3 rings (SSSR count). The number of benzene rings is 1. The summed E-state index contributed by atoms with van der Waals surface area (Å²) in [5.41, 5.74) is 1.21. The predicted octanol–water partition coefficient (Wildman–Crippen LogP) is 0.267. The van der Waals surface area contributed by atoms with Gasteiger partial charge >= 0.3 is 0 Å². The Morgan fingerprint density at radius 1 is 1.22 bits per heavy atom. The van der Waals surface area contributed by atoms with Crippen molar-refractivity contribution in [1.29, 1.82) is 0 Å². The Morgan fingerprint density at radius 3 is 2.56 bits per heavy atom. The average Bonchev–Trinajstić information content (AvgIpc) is 2.93. The van der Waals surface area contributed by atoms with E-state index >= 15 is 0 Å². The minimum Gasteiger partial charge on any atom is -0.388 e. The summed E-state index contributed by atoms with van der Waals surface area (Å²) >= 11 is 1.58. The molecule has 18 heavy (non-hydrogen) atoms. The van der Waals surface area contributed by atoms with Crippen molar-refractivity contribution in [2.75, 3.05) is 13.1 Å². The van der Waals surface area contributed by atoms with Crippen LogP contribution in [0.25, 0.3) is 0 Å². The number of fused-ring (bicyclic) bond motifs is 1. The van der Waals surface area contributed by atoms with Crippen molar-refractivity contribution in [1.82, 2.24) is 4.90 Å². The second-order valence-electron chi connectivity index (χ2n) is 4.80. The lowest BCUT2D eigenvalue weighted by Gasteiger charge is -2.19. The zero-order chi connectivity index (χ0) is 12.7. The molecule has 0 bridgehead atoms. The predicted molar refractivity (Wildman–Crippen MR) is 68.4 cm³/mol. The molecule has 0 aliphatic carbocycles. The van der Waals surface area contributed by atoms with E-state index in [4.69, 9.17) is 0 Å². The zero-order valence-electron chi connectivity index (χ0n) is 9.82. The minimum atomic E-state index is -0.803. The van der Waals surface area contributed by atoms with Crippen LogP contribution in [0.5, 0.6) is 0 Å². The van der Waals surface area contributed by atoms with E-state index in [9.17, 15) is 15.0 Å². The number of carbonyl (C=O) groups is 1. The van der Waals surface area contributed by atoms with Gasteiger partial charge in [0.15, 0.2) is 0 Å². The molecule has 2 N–H and O–H groups in total. The van der Waals surface area contributed by atoms with Gasteiger partial charge in [0.2, 0.25) is 5.91 Å². The highest BCUT2D eigenvalue weighted by molar-refractivity contribution is 8.01. The van der Waals surface area contributed by atoms with Gasteiger partial charge in [-0.1, -0.05) is 18.2 Å². The molecule has 2 aliphatic heterocycles. The van der Waals surface area contributed by atoms with E-state index in [2.05, 4.69) is 0 Å². The number of aliphatic hydroxyl groups excluding tert-OH is 2. The summed E-state index contributed by atoms with van der Waals surface area (Å²) in [5.74, 6) is 0.0202. The molecule has 2 heterocycles. The fraction of sp³-hybridized carbons (Fsp3) is 0.462. The number of rotatable bonds is 1. The van der Waals surface area contributed by atoms with E-state index in [-0.39, 0.29) is 24.2 Å². The molecule has 1 saturated heterocycles. The summed E-state index contributed by atoms with van der Waals surface area (Å²) in [6, 6.07) is 8.03. The first-order chi connectivity index (χ1) is 8.65. The van der Waals surface area contributed by atoms with Crippen LogP contribution in [0.15, 0.2) is 29.2 Å². The molecule has 96 valence electrons. The van der Waals surface area contributed by atoms with Gasteiger partial charge in [-0.15, -0.1) is 11.8 Å². The number of aliphatic hydroxyl groups is 2. The van der Waals surface area contributed by atoms with Crippen LogP contribution in [-0.4, -0.2) is 51.6 Å². The first kappa shape index (κ1) is 12.0. The highest BCUT2D eigenvalue weighted by atomic mass is 32.2. The number of hydrogen-bond donors (Lipinski definition) is 2. The van der Waals surface area contributed by atoms with E-state index in [0.29, 0.717) is 0 Å². The molecule has 1 aromatic rings. The summed E-state index contributed by atoms with van der Waals surface area (Å²) in [5, 5.41) is 18.9. The van der Waals surface area contributed by atoms with Crippen molar-refractivity contribution in [3.63, 3.8) is 0 Å². The van der Waals surface area contributed by atoms with Crippen LogP contribution in [0.2, 0.25) is 0 Å². The number of amides is 1. The highest BCUT2D eigenvalue weighted by Gasteiger charge is 2.37. The molecule has 1 amide bonds. The molecule has 3 atom stereocenters. The van der Waals surface area contributed by atoms with Gasteiger partial charge in [0.1, 0.15) is 0 Å². The Kier molecular flexibility index (Phi) is 3.05. The number of thioether (sulfide) groups is 1. The molecule has 0 aromatic heterocycles. The quantitative estimate of drug-likeness (QED) is 0.765. The number of nitrogens with zero attached hydrogens (tertiary/aromatic N) is 1. The fourth-order valence-corrected chi connectivity index (χ4v) is 3.75. The summed E-state index contributed by atoms with van der Waals surface area (Å²) < 4.78 is 0. The lowest BCUT2D eigenvalue weighted by atomic mass is 10.1. The average molecular weight is 265 g/mol. The normalized spacial score (nSPS) is 30.6. The van der Waals surface area contributed by atoms with Crippen LogP contribution < -0.4 is 0 Å². The van der Waals surface area contributed by atoms with Crippen molar-refractivity contribution < 1.29 is 15.0 Å². The molecule has 2 aliphatic rings. The van der Waals surface area contributed by atoms with Crippen LogP contribution in [0.4, 0.5) is 0 Å². The van der Waals surface area contributed by atoms with Gasteiger partial charge in [0.05, 0.1) is 17.5 Å². The lowest BCUT2D eigenvalue weighted by molar-refractivity contribution is -0.130. The van der Waals surface area contributed by atoms with E-state index in [1.54, 1.807) is 16.7 Å². The summed E-state index contributed by atoms with van der Waals surface area (Å²) in [7, 11) is 0. The third-order valence-electron chi connectivity index (χ3n) is 3.49. The van der Waals surface area contributed by atoms with Gasteiger partial charge in [-0.05, 0) is 18.1 Å². The lowest BCUT2D eigenvalue weighted by Crippen LogP contribution is -2.36. The van der Waals surface area contributed by atoms with Crippen molar-refractivity contribution in [2.24, 2.45) is 0 Å². The molecule has 0 radical (unpaired) electrons. The molecule has 0 spiro atoms. The molecule has 1 aromatic carbocycles. The maximum atomic E-state index is 12.3. The Morgan fingerprint density at radius 2 is 1.89 bits per heavy atom. The van der Waals surface area contributed by atoms with Crippen LogP contribution in [0.1, 0.15) is 5.56 Å². The second-order valence-corrected chi connectivity index (χ2v) is 6.04.